The fraction of sp³-hybridized carbons (Fsp3) is 0.621. The predicted molar refractivity (Wildman–Crippen MR) is 142 cm³/mol. The van der Waals surface area contributed by atoms with Crippen molar-refractivity contribution in [3.05, 3.63) is 63.8 Å². The number of hydrogen-bond acceptors (Lipinski definition) is 4. The van der Waals surface area contributed by atoms with Crippen molar-refractivity contribution in [2.45, 2.75) is 76.4 Å². The molecule has 2 aromatic rings. The van der Waals surface area contributed by atoms with Crippen molar-refractivity contribution in [1.82, 2.24) is 24.7 Å². The maximum Gasteiger partial charge on any atom is 0.320 e. The van der Waals surface area contributed by atoms with E-state index in [9.17, 15) is 35.9 Å². The second-order valence-corrected chi connectivity index (χ2v) is 11.8. The molecule has 2 aliphatic heterocycles. The number of halogens is 6. The van der Waals surface area contributed by atoms with Crippen molar-refractivity contribution in [3.8, 4) is 0 Å². The van der Waals surface area contributed by atoms with Crippen molar-refractivity contribution in [2.75, 3.05) is 26.2 Å². The number of benzene rings is 1. The molecule has 3 heterocycles. The number of piperidine rings is 2. The highest BCUT2D eigenvalue weighted by molar-refractivity contribution is 5.75. The number of nitrogens with one attached hydrogen (secondary N) is 1. The van der Waals surface area contributed by atoms with E-state index in [-0.39, 0.29) is 35.9 Å². The number of rotatable bonds is 7. The molecule has 2 saturated heterocycles. The second-order valence-electron chi connectivity index (χ2n) is 11.8. The zero-order valence-electron chi connectivity index (χ0n) is 23.1. The third kappa shape index (κ3) is 6.45. The van der Waals surface area contributed by atoms with E-state index >= 15 is 0 Å². The topological polar surface area (TPSA) is 70.5 Å². The first-order chi connectivity index (χ1) is 20.1. The lowest BCUT2D eigenvalue weighted by molar-refractivity contribution is 0.0198. The van der Waals surface area contributed by atoms with Crippen molar-refractivity contribution in [2.24, 2.45) is 11.3 Å². The molecule has 0 unspecified atom stereocenters. The van der Waals surface area contributed by atoms with Crippen LogP contribution in [0.15, 0.2) is 35.4 Å². The van der Waals surface area contributed by atoms with Gasteiger partial charge in [-0.15, -0.1) is 0 Å². The third-order valence-corrected chi connectivity index (χ3v) is 9.26. The molecule has 5 rings (SSSR count). The number of carbonyl (C=O) groups is 1. The Morgan fingerprint density at radius 3 is 2.52 bits per heavy atom. The summed E-state index contributed by atoms with van der Waals surface area (Å²) in [5.41, 5.74) is -1.39. The molecule has 1 aromatic heterocycles. The van der Waals surface area contributed by atoms with Crippen molar-refractivity contribution in [3.63, 3.8) is 0 Å². The highest BCUT2D eigenvalue weighted by Gasteiger charge is 2.48. The summed E-state index contributed by atoms with van der Waals surface area (Å²) in [6.07, 6.45) is 0.449. The number of nitrogens with zero attached hydrogens (tertiary/aromatic N) is 4. The van der Waals surface area contributed by atoms with Crippen LogP contribution in [0.1, 0.15) is 68.7 Å². The van der Waals surface area contributed by atoms with Gasteiger partial charge in [-0.1, -0.05) is 12.8 Å². The molecule has 3 atom stereocenters. The molecular weight excluding hydrogens is 564 g/mol. The van der Waals surface area contributed by atoms with Crippen LogP contribution >= 0.6 is 0 Å². The van der Waals surface area contributed by atoms with Crippen molar-refractivity contribution in [1.29, 1.82) is 0 Å². The van der Waals surface area contributed by atoms with Crippen LogP contribution < -0.4 is 10.9 Å². The molecule has 1 aromatic carbocycles. The van der Waals surface area contributed by atoms with E-state index in [0.29, 0.717) is 32.5 Å². The van der Waals surface area contributed by atoms with Gasteiger partial charge in [-0.3, -0.25) is 9.36 Å². The molecule has 1 spiro atoms. The van der Waals surface area contributed by atoms with Crippen molar-refractivity contribution < 1.29 is 31.1 Å². The van der Waals surface area contributed by atoms with Gasteiger partial charge in [-0.2, -0.15) is 0 Å². The largest absolute Gasteiger partial charge is 0.324 e. The van der Waals surface area contributed by atoms with Crippen LogP contribution in [0.3, 0.4) is 0 Å². The lowest BCUT2D eigenvalue weighted by atomic mass is 9.69. The molecule has 1 N–H and O–H groups in total. The van der Waals surface area contributed by atoms with E-state index in [4.69, 9.17) is 0 Å². The summed E-state index contributed by atoms with van der Waals surface area (Å²) in [6.45, 7) is 0.733. The molecule has 3 fully saturated rings. The highest BCUT2D eigenvalue weighted by atomic mass is 19.3. The van der Waals surface area contributed by atoms with Crippen LogP contribution in [0.5, 0.6) is 0 Å². The Morgan fingerprint density at radius 2 is 1.83 bits per heavy atom. The average Bonchev–Trinajstić information content (AvgIpc) is 3.43. The molecule has 3 aliphatic rings. The maximum atomic E-state index is 14.9. The Morgan fingerprint density at radius 1 is 1.07 bits per heavy atom. The van der Waals surface area contributed by atoms with Gasteiger partial charge < -0.3 is 15.1 Å². The van der Waals surface area contributed by atoms with E-state index < -0.39 is 54.4 Å². The zero-order chi connectivity index (χ0) is 30.0. The minimum absolute atomic E-state index is 0.0106. The minimum Gasteiger partial charge on any atom is -0.324 e. The van der Waals surface area contributed by atoms with Gasteiger partial charge in [0, 0.05) is 43.9 Å². The fourth-order valence-corrected chi connectivity index (χ4v) is 7.12. The number of carbonyl (C=O) groups excluding carboxylic acids is 1. The number of aromatic nitrogens is 2. The van der Waals surface area contributed by atoms with Gasteiger partial charge in [0.2, 0.25) is 0 Å². The Balaban J connectivity index is 1.35. The first kappa shape index (κ1) is 30.4. The maximum absolute atomic E-state index is 14.9. The van der Waals surface area contributed by atoms with Gasteiger partial charge in [-0.05, 0) is 61.6 Å². The van der Waals surface area contributed by atoms with Crippen LogP contribution in [0.25, 0.3) is 0 Å². The van der Waals surface area contributed by atoms with Crippen molar-refractivity contribution >= 4 is 6.03 Å². The Bertz CT molecular complexity index is 1320. The first-order valence-electron chi connectivity index (χ1n) is 14.4. The molecule has 42 heavy (non-hydrogen) atoms. The molecule has 0 radical (unpaired) electrons. The average molecular weight is 600 g/mol. The smallest absolute Gasteiger partial charge is 0.320 e. The van der Waals surface area contributed by atoms with E-state index in [2.05, 4.69) is 10.3 Å². The number of urea groups is 1. The van der Waals surface area contributed by atoms with Crippen LogP contribution in [0.4, 0.5) is 31.1 Å². The molecule has 0 bridgehead atoms. The molecule has 13 heteroatoms. The van der Waals surface area contributed by atoms with Gasteiger partial charge in [0.15, 0.2) is 0 Å². The monoisotopic (exact) mass is 599 g/mol. The van der Waals surface area contributed by atoms with Gasteiger partial charge in [0.05, 0.1) is 18.9 Å². The Hall–Kier alpha value is -3.09. The Kier molecular flexibility index (Phi) is 9.14. The lowest BCUT2D eigenvalue weighted by Crippen LogP contribution is -2.57. The summed E-state index contributed by atoms with van der Waals surface area (Å²) in [5, 5.41) is 2.78. The van der Waals surface area contributed by atoms with E-state index in [1.165, 1.54) is 9.47 Å². The quantitative estimate of drug-likeness (QED) is 0.426. The molecule has 1 aliphatic carbocycles. The van der Waals surface area contributed by atoms with Gasteiger partial charge in [0.25, 0.3) is 18.4 Å². The summed E-state index contributed by atoms with van der Waals surface area (Å²) in [6, 6.07) is 2.37. The molecular formula is C29H35F6N5O2. The summed E-state index contributed by atoms with van der Waals surface area (Å²) < 4.78 is 82.2. The summed E-state index contributed by atoms with van der Waals surface area (Å²) >= 11 is 0. The molecule has 1 saturated carbocycles. The van der Waals surface area contributed by atoms with Gasteiger partial charge in [-0.25, -0.2) is 36.1 Å². The Labute approximate surface area is 239 Å². The van der Waals surface area contributed by atoms with Gasteiger partial charge in [0.1, 0.15) is 17.3 Å². The van der Waals surface area contributed by atoms with E-state index in [1.54, 1.807) is 4.90 Å². The normalized spacial score (nSPS) is 24.2. The molecule has 7 nitrogen and oxygen atoms in total. The lowest BCUT2D eigenvalue weighted by Gasteiger charge is -2.49. The van der Waals surface area contributed by atoms with E-state index in [1.807, 2.05) is 0 Å². The zero-order valence-corrected chi connectivity index (χ0v) is 23.1. The highest BCUT2D eigenvalue weighted by Crippen LogP contribution is 2.49. The van der Waals surface area contributed by atoms with Crippen LogP contribution in [0.2, 0.25) is 0 Å². The number of likely N-dealkylation sites (tertiary alicyclic amines) is 2. The summed E-state index contributed by atoms with van der Waals surface area (Å²) in [4.78, 5) is 33.6. The summed E-state index contributed by atoms with van der Waals surface area (Å²) in [5.74, 6) is -1.31. The van der Waals surface area contributed by atoms with Crippen LogP contribution in [-0.4, -0.2) is 64.0 Å². The van der Waals surface area contributed by atoms with Gasteiger partial charge >= 0.3 is 6.03 Å². The first-order valence-corrected chi connectivity index (χ1v) is 14.4. The number of amides is 2. The van der Waals surface area contributed by atoms with E-state index in [0.717, 1.165) is 56.3 Å². The standard InChI is InChI=1S/C29H35F6N5O2/c30-19-3-4-22(31)21(11-19)24-12-20(36-14-25(32)33)6-10-40(24)28(42)38-9-5-18(29(16-38)7-1-2-8-29)15-39-17-37-23(27(34)35)13-26(39)41/h3-4,11,13,17-18,20,24-25,27,36H,1-2,5-10,12,14-16H2/t18-,20+,24-/m0/s1. The third-order valence-electron chi connectivity index (χ3n) is 9.26. The summed E-state index contributed by atoms with van der Waals surface area (Å²) in [7, 11) is 0. The number of alkyl halides is 4. The molecule has 2 amide bonds. The fourth-order valence-electron chi connectivity index (χ4n) is 7.12. The number of hydrogen-bond donors (Lipinski definition) is 1. The second kappa shape index (κ2) is 12.6. The molecule has 230 valence electrons. The minimum atomic E-state index is -2.84. The van der Waals surface area contributed by atoms with Crippen LogP contribution in [-0.2, 0) is 6.54 Å². The predicted octanol–water partition coefficient (Wildman–Crippen LogP) is 5.52. The van der Waals surface area contributed by atoms with Crippen LogP contribution in [0, 0.1) is 23.0 Å². The SMILES string of the molecule is O=C(N1CC[C@@H](Cn2cnc(C(F)F)cc2=O)C2(CCCC2)C1)N1CC[C@@H](NCC(F)F)C[C@H]1c1cc(F)ccc1F.